The van der Waals surface area contributed by atoms with Gasteiger partial charge in [-0.15, -0.1) is 0 Å². The lowest BCUT2D eigenvalue weighted by Crippen LogP contribution is -2.45. The maximum absolute atomic E-state index is 13.5. The van der Waals surface area contributed by atoms with Gasteiger partial charge in [0.2, 0.25) is 3.79 Å². The molecule has 0 aliphatic rings. The summed E-state index contributed by atoms with van der Waals surface area (Å²) < 4.78 is 14.5. The van der Waals surface area contributed by atoms with Crippen LogP contribution in [-0.4, -0.2) is 40.8 Å². The van der Waals surface area contributed by atoms with Gasteiger partial charge in [0.25, 0.3) is 0 Å². The van der Waals surface area contributed by atoms with Gasteiger partial charge in [-0.25, -0.2) is 4.79 Å². The van der Waals surface area contributed by atoms with Crippen molar-refractivity contribution in [3.63, 3.8) is 0 Å². The zero-order valence-corrected chi connectivity index (χ0v) is 22.9. The lowest BCUT2D eigenvalue weighted by molar-refractivity contribution is -0.140. The van der Waals surface area contributed by atoms with E-state index in [9.17, 15) is 14.4 Å². The molecule has 1 rings (SSSR count). The maximum atomic E-state index is 13.5. The molecule has 0 unspecified atom stereocenters. The first-order valence-electron chi connectivity index (χ1n) is 11.2. The molecule has 6 nitrogen and oxygen atoms in total. The van der Waals surface area contributed by atoms with Gasteiger partial charge in [-0.2, -0.15) is 0 Å². The van der Waals surface area contributed by atoms with Gasteiger partial charge in [0.1, 0.15) is 24.3 Å². The first kappa shape index (κ1) is 30.7. The van der Waals surface area contributed by atoms with Crippen LogP contribution in [0.15, 0.2) is 30.3 Å². The number of ether oxygens (including phenoxy) is 3. The van der Waals surface area contributed by atoms with Crippen LogP contribution in [0, 0.1) is 23.2 Å². The van der Waals surface area contributed by atoms with Crippen LogP contribution >= 0.6 is 34.8 Å². The molecular weight excluding hydrogens is 503 g/mol. The molecular formula is C25H35Cl3O6. The van der Waals surface area contributed by atoms with E-state index in [0.717, 1.165) is 5.56 Å². The third-order valence-corrected chi connectivity index (χ3v) is 6.33. The molecule has 0 bridgehead atoms. The first-order chi connectivity index (χ1) is 15.6. The van der Waals surface area contributed by atoms with E-state index in [2.05, 4.69) is 0 Å². The number of rotatable bonds is 13. The van der Waals surface area contributed by atoms with E-state index in [1.807, 2.05) is 44.2 Å². The van der Waals surface area contributed by atoms with Gasteiger partial charge in [-0.3, -0.25) is 4.79 Å². The summed E-state index contributed by atoms with van der Waals surface area (Å²) >= 11 is 16.9. The molecule has 0 saturated heterocycles. The fourth-order valence-corrected chi connectivity index (χ4v) is 3.86. The van der Waals surface area contributed by atoms with Gasteiger partial charge in [-0.05, 0) is 18.4 Å². The Morgan fingerprint density at radius 3 is 2.12 bits per heavy atom. The van der Waals surface area contributed by atoms with E-state index in [-0.39, 0.29) is 36.4 Å². The number of carbonyl (C=O) groups excluding carboxylic acids is 3. The number of ketones is 2. The molecule has 0 N–H and O–H groups in total. The van der Waals surface area contributed by atoms with Crippen molar-refractivity contribution >= 4 is 52.5 Å². The van der Waals surface area contributed by atoms with Gasteiger partial charge in [-0.1, -0.05) is 99.8 Å². The minimum absolute atomic E-state index is 0.00629. The Hall–Kier alpha value is -1.34. The summed E-state index contributed by atoms with van der Waals surface area (Å²) in [6.45, 7) is 10.6. The molecule has 0 saturated carbocycles. The van der Waals surface area contributed by atoms with Crippen LogP contribution in [0.25, 0.3) is 0 Å². The van der Waals surface area contributed by atoms with E-state index in [4.69, 9.17) is 49.0 Å². The Labute approximate surface area is 217 Å². The normalized spacial score (nSPS) is 15.7. The van der Waals surface area contributed by atoms with E-state index in [0.29, 0.717) is 6.61 Å². The molecule has 34 heavy (non-hydrogen) atoms. The van der Waals surface area contributed by atoms with Gasteiger partial charge in [0.05, 0.1) is 19.1 Å². The number of alkyl halides is 3. The Bertz CT molecular complexity index is 807. The molecule has 0 heterocycles. The van der Waals surface area contributed by atoms with Crippen LogP contribution in [0.1, 0.15) is 53.5 Å². The largest absolute Gasteiger partial charge is 0.508 e. The number of benzene rings is 1. The molecule has 1 aromatic rings. The molecule has 4 atom stereocenters. The first-order valence-corrected chi connectivity index (χ1v) is 12.3. The van der Waals surface area contributed by atoms with E-state index < -0.39 is 34.0 Å². The maximum Gasteiger partial charge on any atom is 0.508 e. The topological polar surface area (TPSA) is 78.9 Å². The highest BCUT2D eigenvalue weighted by atomic mass is 35.6. The minimum atomic E-state index is -1.79. The summed E-state index contributed by atoms with van der Waals surface area (Å²) in [5.41, 5.74) is 0.177. The number of carbonyl (C=O) groups is 3. The van der Waals surface area contributed by atoms with Crippen LogP contribution in [0.5, 0.6) is 0 Å². The van der Waals surface area contributed by atoms with Gasteiger partial charge < -0.3 is 19.0 Å². The number of hydrogen-bond acceptors (Lipinski definition) is 6. The van der Waals surface area contributed by atoms with Crippen molar-refractivity contribution in [1.29, 1.82) is 0 Å². The average Bonchev–Trinajstić information content (AvgIpc) is 2.74. The van der Waals surface area contributed by atoms with Crippen LogP contribution in [0.3, 0.4) is 0 Å². The zero-order valence-electron chi connectivity index (χ0n) is 20.6. The lowest BCUT2D eigenvalue weighted by atomic mass is 9.69. The summed E-state index contributed by atoms with van der Waals surface area (Å²) in [6.07, 6.45) is -1.62. The highest BCUT2D eigenvalue weighted by molar-refractivity contribution is 6.67. The van der Waals surface area contributed by atoms with Crippen LogP contribution in [0.2, 0.25) is 0 Å². The monoisotopic (exact) mass is 536 g/mol. The fraction of sp³-hybridized carbons (Fsp3) is 0.640. The smallest absolute Gasteiger partial charge is 0.430 e. The van der Waals surface area contributed by atoms with Crippen molar-refractivity contribution in [2.24, 2.45) is 23.2 Å². The molecule has 0 aromatic heterocycles. The van der Waals surface area contributed by atoms with Crippen molar-refractivity contribution in [1.82, 2.24) is 0 Å². The molecule has 0 radical (unpaired) electrons. The van der Waals surface area contributed by atoms with Gasteiger partial charge in [0.15, 0.2) is 0 Å². The van der Waals surface area contributed by atoms with E-state index in [1.165, 1.54) is 6.92 Å². The summed E-state index contributed by atoms with van der Waals surface area (Å²) in [4.78, 5) is 37.4. The third-order valence-electron chi connectivity index (χ3n) is 6.01. The quantitative estimate of drug-likeness (QED) is 0.209. The van der Waals surface area contributed by atoms with Crippen LogP contribution in [0.4, 0.5) is 4.79 Å². The second kappa shape index (κ2) is 13.7. The van der Waals surface area contributed by atoms with Crippen molar-refractivity contribution in [2.75, 3.05) is 13.2 Å². The molecule has 0 fully saturated rings. The number of hydrogen-bond donors (Lipinski definition) is 0. The van der Waals surface area contributed by atoms with Crippen molar-refractivity contribution in [2.45, 2.75) is 64.5 Å². The number of Topliss-reactive ketones (excluding diaryl/α,β-unsaturated/α-hetero) is 2. The third kappa shape index (κ3) is 10.5. The highest BCUT2D eigenvalue weighted by Gasteiger charge is 2.42. The Balaban J connectivity index is 2.98. The van der Waals surface area contributed by atoms with Crippen molar-refractivity contribution in [3.05, 3.63) is 35.9 Å². The molecule has 192 valence electrons. The standard InChI is InChI=1S/C25H35Cl3O6/c1-16(13-32-14-20-10-8-7-9-11-20)21(34-23(31)33-15-25(26,27)28)19(4)22(30)24(5,6)17(2)12-18(3)29/h7-11,16-17,19,21H,12-15H2,1-6H3/t16-,17-,19+,21-/m0/s1. The fourth-order valence-electron chi connectivity index (χ4n) is 3.69. The highest BCUT2D eigenvalue weighted by Crippen LogP contribution is 2.36. The Morgan fingerprint density at radius 1 is 1.00 bits per heavy atom. The summed E-state index contributed by atoms with van der Waals surface area (Å²) in [5.74, 6) is -1.36. The van der Waals surface area contributed by atoms with Crippen molar-refractivity contribution in [3.8, 4) is 0 Å². The van der Waals surface area contributed by atoms with Gasteiger partial charge in [0, 0.05) is 17.8 Å². The second-order valence-corrected chi connectivity index (χ2v) is 11.9. The molecule has 9 heteroatoms. The van der Waals surface area contributed by atoms with Gasteiger partial charge >= 0.3 is 6.16 Å². The number of halogens is 3. The van der Waals surface area contributed by atoms with E-state index in [1.54, 1.807) is 20.8 Å². The molecule has 0 spiro atoms. The average molecular weight is 538 g/mol. The van der Waals surface area contributed by atoms with Crippen LogP contribution in [-0.2, 0) is 30.4 Å². The minimum Gasteiger partial charge on any atom is -0.430 e. The van der Waals surface area contributed by atoms with Crippen LogP contribution < -0.4 is 0 Å². The predicted octanol–water partition coefficient (Wildman–Crippen LogP) is 6.58. The molecule has 1 aromatic carbocycles. The Kier molecular flexibility index (Phi) is 12.3. The van der Waals surface area contributed by atoms with E-state index >= 15 is 0 Å². The zero-order chi connectivity index (χ0) is 26.1. The molecule has 0 amide bonds. The SMILES string of the molecule is CC(=O)C[C@H](C)C(C)(C)C(=O)[C@H](C)[C@@H](OC(=O)OCC(Cl)(Cl)Cl)[C@@H](C)COCc1ccccc1. The van der Waals surface area contributed by atoms with Crippen molar-refractivity contribution < 1.29 is 28.6 Å². The summed E-state index contributed by atoms with van der Waals surface area (Å²) in [5, 5.41) is 0. The summed E-state index contributed by atoms with van der Waals surface area (Å²) in [7, 11) is 0. The molecule has 0 aliphatic carbocycles. The lowest BCUT2D eigenvalue weighted by Gasteiger charge is -2.36. The Morgan fingerprint density at radius 2 is 1.59 bits per heavy atom. The molecule has 0 aliphatic heterocycles. The summed E-state index contributed by atoms with van der Waals surface area (Å²) in [6, 6.07) is 9.63. The predicted molar refractivity (Wildman–Crippen MR) is 134 cm³/mol. The second-order valence-electron chi connectivity index (χ2n) is 9.40.